The van der Waals surface area contributed by atoms with Gasteiger partial charge in [0.05, 0.1) is 7.11 Å². The topological polar surface area (TPSA) is 64.6 Å². The van der Waals surface area contributed by atoms with Gasteiger partial charge < -0.3 is 14.8 Å². The van der Waals surface area contributed by atoms with E-state index in [0.29, 0.717) is 29.2 Å². The first kappa shape index (κ1) is 17.5. The second-order valence-electron chi connectivity index (χ2n) is 5.29. The summed E-state index contributed by atoms with van der Waals surface area (Å²) < 4.78 is 11.0. The number of anilines is 1. The van der Waals surface area contributed by atoms with Crippen LogP contribution in [0.1, 0.15) is 30.6 Å². The number of carbonyl (C=O) groups is 2. The summed E-state index contributed by atoms with van der Waals surface area (Å²) in [4.78, 5) is 23.7. The molecule has 0 aliphatic rings. The second-order valence-corrected chi connectivity index (χ2v) is 5.29. The average Bonchev–Trinajstić information content (AvgIpc) is 2.60. The molecule has 1 N–H and O–H groups in total. The van der Waals surface area contributed by atoms with Gasteiger partial charge >= 0.3 is 0 Å². The van der Waals surface area contributed by atoms with Gasteiger partial charge in [-0.1, -0.05) is 19.1 Å². The van der Waals surface area contributed by atoms with Crippen LogP contribution in [0.2, 0.25) is 0 Å². The van der Waals surface area contributed by atoms with E-state index in [1.807, 2.05) is 19.1 Å². The largest absolute Gasteiger partial charge is 0.493 e. The van der Waals surface area contributed by atoms with Crippen molar-refractivity contribution in [3.05, 3.63) is 54.1 Å². The molecule has 5 heteroatoms. The number of amides is 1. The number of carbonyl (C=O) groups excluding carboxylic acids is 2. The third-order valence-electron chi connectivity index (χ3n) is 3.56. The predicted octanol–water partition coefficient (Wildman–Crippen LogP) is 3.69. The number of Topliss-reactive ketones (excluding diaryl/α,β-unsaturated/α-hetero) is 1. The highest BCUT2D eigenvalue weighted by Crippen LogP contribution is 2.27. The van der Waals surface area contributed by atoms with Gasteiger partial charge in [0.1, 0.15) is 0 Å². The molecule has 0 spiro atoms. The van der Waals surface area contributed by atoms with E-state index in [0.717, 1.165) is 0 Å². The number of para-hydroxylation sites is 2. The fourth-order valence-corrected chi connectivity index (χ4v) is 2.20. The maximum atomic E-state index is 12.4. The third-order valence-corrected chi connectivity index (χ3v) is 3.56. The molecule has 0 aliphatic carbocycles. The van der Waals surface area contributed by atoms with Crippen LogP contribution in [-0.2, 0) is 4.79 Å². The summed E-state index contributed by atoms with van der Waals surface area (Å²) in [5.74, 6) is 0.835. The van der Waals surface area contributed by atoms with Crippen LogP contribution in [0.5, 0.6) is 11.5 Å². The zero-order valence-electron chi connectivity index (χ0n) is 14.0. The summed E-state index contributed by atoms with van der Waals surface area (Å²) in [6.45, 7) is 3.38. The quantitative estimate of drug-likeness (QED) is 0.788. The van der Waals surface area contributed by atoms with Crippen LogP contribution in [0.25, 0.3) is 0 Å². The zero-order valence-corrected chi connectivity index (χ0v) is 14.0. The van der Waals surface area contributed by atoms with E-state index in [2.05, 4.69) is 5.32 Å². The fourth-order valence-electron chi connectivity index (χ4n) is 2.20. The first-order valence-corrected chi connectivity index (χ1v) is 7.76. The Kier molecular flexibility index (Phi) is 5.95. The van der Waals surface area contributed by atoms with Gasteiger partial charge in [-0.2, -0.15) is 0 Å². The molecule has 2 aromatic rings. The lowest BCUT2D eigenvalue weighted by Crippen LogP contribution is -2.32. The first-order chi connectivity index (χ1) is 11.5. The van der Waals surface area contributed by atoms with E-state index in [9.17, 15) is 9.59 Å². The Hall–Kier alpha value is -2.82. The van der Waals surface area contributed by atoms with Gasteiger partial charge in [-0.3, -0.25) is 9.59 Å². The van der Waals surface area contributed by atoms with Gasteiger partial charge in [-0.15, -0.1) is 0 Å². The normalized spacial score (nSPS) is 11.5. The molecule has 0 fully saturated rings. The molecule has 24 heavy (non-hydrogen) atoms. The fraction of sp³-hybridized carbons (Fsp3) is 0.263. The highest BCUT2D eigenvalue weighted by molar-refractivity contribution is 5.96. The van der Waals surface area contributed by atoms with Crippen molar-refractivity contribution in [2.75, 3.05) is 12.4 Å². The van der Waals surface area contributed by atoms with E-state index in [1.54, 1.807) is 43.5 Å². The standard InChI is InChI=1S/C19H21NO4/c1-4-16(24-18-8-6-5-7-17(18)23-3)19(22)20-15-11-9-14(10-12-15)13(2)21/h5-12,16H,4H2,1-3H3,(H,20,22). The number of rotatable bonds is 7. The number of ketones is 1. The van der Waals surface area contributed by atoms with E-state index in [4.69, 9.17) is 9.47 Å². The zero-order chi connectivity index (χ0) is 17.5. The van der Waals surface area contributed by atoms with Gasteiger partial charge in [0.25, 0.3) is 5.91 Å². The van der Waals surface area contributed by atoms with Crippen LogP contribution < -0.4 is 14.8 Å². The lowest BCUT2D eigenvalue weighted by atomic mass is 10.1. The van der Waals surface area contributed by atoms with Crippen molar-refractivity contribution in [2.45, 2.75) is 26.4 Å². The summed E-state index contributed by atoms with van der Waals surface area (Å²) in [5.41, 5.74) is 1.22. The summed E-state index contributed by atoms with van der Waals surface area (Å²) >= 11 is 0. The molecule has 0 saturated carbocycles. The van der Waals surface area contributed by atoms with Crippen LogP contribution in [0.4, 0.5) is 5.69 Å². The Morgan fingerprint density at radius 2 is 1.67 bits per heavy atom. The molecule has 1 atom stereocenters. The molecule has 2 rings (SSSR count). The lowest BCUT2D eigenvalue weighted by Gasteiger charge is -2.19. The Bertz CT molecular complexity index is 710. The van der Waals surface area contributed by atoms with Crippen molar-refractivity contribution in [3.8, 4) is 11.5 Å². The summed E-state index contributed by atoms with van der Waals surface area (Å²) in [6.07, 6.45) is -0.135. The summed E-state index contributed by atoms with van der Waals surface area (Å²) in [6, 6.07) is 14.0. The van der Waals surface area contributed by atoms with E-state index < -0.39 is 6.10 Å². The minimum atomic E-state index is -0.645. The summed E-state index contributed by atoms with van der Waals surface area (Å²) in [7, 11) is 1.56. The maximum Gasteiger partial charge on any atom is 0.265 e. The number of benzene rings is 2. The molecule has 0 radical (unpaired) electrons. The van der Waals surface area contributed by atoms with E-state index >= 15 is 0 Å². The third kappa shape index (κ3) is 4.35. The smallest absolute Gasteiger partial charge is 0.265 e. The lowest BCUT2D eigenvalue weighted by molar-refractivity contribution is -0.122. The summed E-state index contributed by atoms with van der Waals surface area (Å²) in [5, 5.41) is 2.80. The Morgan fingerprint density at radius 1 is 1.04 bits per heavy atom. The van der Waals surface area contributed by atoms with Crippen molar-refractivity contribution >= 4 is 17.4 Å². The molecular weight excluding hydrogens is 306 g/mol. The van der Waals surface area contributed by atoms with Crippen molar-refractivity contribution in [3.63, 3.8) is 0 Å². The van der Waals surface area contributed by atoms with Crippen LogP contribution in [0.15, 0.2) is 48.5 Å². The molecule has 1 unspecified atom stereocenters. The number of hydrogen-bond acceptors (Lipinski definition) is 4. The molecule has 2 aromatic carbocycles. The van der Waals surface area contributed by atoms with Gasteiger partial charge in [-0.05, 0) is 49.7 Å². The Balaban J connectivity index is 2.07. The molecule has 126 valence electrons. The Labute approximate surface area is 141 Å². The number of ether oxygens (including phenoxy) is 2. The first-order valence-electron chi connectivity index (χ1n) is 7.76. The SMILES string of the molecule is CCC(Oc1ccccc1OC)C(=O)Nc1ccc(C(C)=O)cc1. The molecular formula is C19H21NO4. The molecule has 0 aliphatic heterocycles. The maximum absolute atomic E-state index is 12.4. The molecule has 0 aromatic heterocycles. The number of nitrogens with one attached hydrogen (secondary N) is 1. The molecule has 1 amide bonds. The van der Waals surface area contributed by atoms with Crippen molar-refractivity contribution < 1.29 is 19.1 Å². The minimum absolute atomic E-state index is 0.0150. The van der Waals surface area contributed by atoms with Crippen molar-refractivity contribution in [1.29, 1.82) is 0 Å². The highest BCUT2D eigenvalue weighted by Gasteiger charge is 2.20. The number of methoxy groups -OCH3 is 1. The van der Waals surface area contributed by atoms with E-state index in [-0.39, 0.29) is 11.7 Å². The van der Waals surface area contributed by atoms with Gasteiger partial charge in [0, 0.05) is 11.3 Å². The van der Waals surface area contributed by atoms with Crippen LogP contribution in [0.3, 0.4) is 0 Å². The highest BCUT2D eigenvalue weighted by atomic mass is 16.5. The average molecular weight is 327 g/mol. The minimum Gasteiger partial charge on any atom is -0.493 e. The van der Waals surface area contributed by atoms with Crippen molar-refractivity contribution in [1.82, 2.24) is 0 Å². The van der Waals surface area contributed by atoms with Crippen LogP contribution in [0, 0.1) is 0 Å². The predicted molar refractivity (Wildman–Crippen MR) is 92.8 cm³/mol. The monoisotopic (exact) mass is 327 g/mol. The molecule has 0 heterocycles. The molecule has 5 nitrogen and oxygen atoms in total. The number of hydrogen-bond donors (Lipinski definition) is 1. The van der Waals surface area contributed by atoms with Gasteiger partial charge in [0.15, 0.2) is 23.4 Å². The van der Waals surface area contributed by atoms with Crippen molar-refractivity contribution in [2.24, 2.45) is 0 Å². The van der Waals surface area contributed by atoms with Crippen LogP contribution >= 0.6 is 0 Å². The van der Waals surface area contributed by atoms with E-state index in [1.165, 1.54) is 6.92 Å². The molecule has 0 bridgehead atoms. The van der Waals surface area contributed by atoms with Gasteiger partial charge in [0.2, 0.25) is 0 Å². The molecule has 0 saturated heterocycles. The van der Waals surface area contributed by atoms with Gasteiger partial charge in [-0.25, -0.2) is 0 Å². The van der Waals surface area contributed by atoms with Crippen LogP contribution in [-0.4, -0.2) is 24.9 Å². The second kappa shape index (κ2) is 8.15. The Morgan fingerprint density at radius 3 is 2.21 bits per heavy atom.